The van der Waals surface area contributed by atoms with Gasteiger partial charge in [-0.25, -0.2) is 0 Å². The van der Waals surface area contributed by atoms with Crippen LogP contribution in [0, 0.1) is 0 Å². The van der Waals surface area contributed by atoms with Gasteiger partial charge >= 0.3 is 0 Å². The van der Waals surface area contributed by atoms with Crippen molar-refractivity contribution in [2.24, 2.45) is 11.5 Å². The van der Waals surface area contributed by atoms with Crippen molar-refractivity contribution in [3.05, 3.63) is 59.4 Å². The first-order chi connectivity index (χ1) is 9.56. The zero-order chi connectivity index (χ0) is 14.5. The number of rotatable bonds is 5. The monoisotopic (exact) mass is 271 g/mol. The number of nitrogens with zero attached hydrogens (tertiary/aromatic N) is 1. The topological polar surface area (TPSA) is 108 Å². The van der Waals surface area contributed by atoms with Crippen molar-refractivity contribution < 1.29 is 14.3 Å². The molecule has 1 heterocycles. The predicted octanol–water partition coefficient (Wildman–Crippen LogP) is 0.858. The average Bonchev–Trinajstić information content (AvgIpc) is 2.45. The fourth-order valence-electron chi connectivity index (χ4n) is 1.61. The second-order valence-corrected chi connectivity index (χ2v) is 4.13. The largest absolute Gasteiger partial charge is 0.487 e. The van der Waals surface area contributed by atoms with Crippen molar-refractivity contribution in [1.29, 1.82) is 0 Å². The van der Waals surface area contributed by atoms with Crippen LogP contribution >= 0.6 is 0 Å². The summed E-state index contributed by atoms with van der Waals surface area (Å²) < 4.78 is 5.50. The molecule has 0 unspecified atom stereocenters. The number of amides is 2. The van der Waals surface area contributed by atoms with E-state index in [-0.39, 0.29) is 12.2 Å². The van der Waals surface area contributed by atoms with Crippen LogP contribution < -0.4 is 16.2 Å². The minimum Gasteiger partial charge on any atom is -0.487 e. The molecule has 4 N–H and O–H groups in total. The van der Waals surface area contributed by atoms with Crippen molar-refractivity contribution in [3.63, 3.8) is 0 Å². The van der Waals surface area contributed by atoms with Crippen LogP contribution in [0.2, 0.25) is 0 Å². The number of carbonyl (C=O) groups is 2. The van der Waals surface area contributed by atoms with Crippen molar-refractivity contribution >= 4 is 11.8 Å². The number of primary amides is 2. The molecule has 0 spiro atoms. The van der Waals surface area contributed by atoms with Crippen molar-refractivity contribution in [2.75, 3.05) is 0 Å². The molecule has 0 aliphatic rings. The molecule has 6 heteroatoms. The number of aromatic nitrogens is 1. The SMILES string of the molecule is NC(=O)c1cccc(COc2cncc(C(N)=O)c2)c1. The Kier molecular flexibility index (Phi) is 3.95. The number of nitrogens with two attached hydrogens (primary N) is 2. The first kappa shape index (κ1) is 13.5. The summed E-state index contributed by atoms with van der Waals surface area (Å²) in [5.74, 6) is -0.645. The summed E-state index contributed by atoms with van der Waals surface area (Å²) in [4.78, 5) is 26.0. The molecule has 102 valence electrons. The lowest BCUT2D eigenvalue weighted by molar-refractivity contribution is 0.0991. The average molecular weight is 271 g/mol. The van der Waals surface area contributed by atoms with Gasteiger partial charge in [-0.2, -0.15) is 0 Å². The molecule has 0 atom stereocenters. The molecule has 2 aromatic rings. The Labute approximate surface area is 115 Å². The van der Waals surface area contributed by atoms with E-state index in [0.29, 0.717) is 11.3 Å². The Hall–Kier alpha value is -2.89. The smallest absolute Gasteiger partial charge is 0.250 e. The fraction of sp³-hybridized carbons (Fsp3) is 0.0714. The van der Waals surface area contributed by atoms with Crippen molar-refractivity contribution in [3.8, 4) is 5.75 Å². The van der Waals surface area contributed by atoms with E-state index in [2.05, 4.69) is 4.98 Å². The predicted molar refractivity (Wildman–Crippen MR) is 72.0 cm³/mol. The molecule has 0 bridgehead atoms. The highest BCUT2D eigenvalue weighted by Gasteiger charge is 2.05. The molecule has 0 fully saturated rings. The van der Waals surface area contributed by atoms with E-state index in [9.17, 15) is 9.59 Å². The first-order valence-electron chi connectivity index (χ1n) is 5.82. The van der Waals surface area contributed by atoms with E-state index in [1.807, 2.05) is 0 Å². The summed E-state index contributed by atoms with van der Waals surface area (Å²) in [5, 5.41) is 0. The lowest BCUT2D eigenvalue weighted by atomic mass is 10.1. The van der Waals surface area contributed by atoms with Gasteiger partial charge in [0.05, 0.1) is 11.8 Å². The van der Waals surface area contributed by atoms with Crippen LogP contribution in [-0.4, -0.2) is 16.8 Å². The molecule has 20 heavy (non-hydrogen) atoms. The minimum atomic E-state index is -0.571. The molecular formula is C14H13N3O3. The standard InChI is InChI=1S/C14H13N3O3/c15-13(18)10-3-1-2-9(4-10)8-20-12-5-11(14(16)19)6-17-7-12/h1-7H,8H2,(H2,15,18)(H2,16,19). The molecule has 0 saturated heterocycles. The summed E-state index contributed by atoms with van der Waals surface area (Å²) >= 11 is 0. The fourth-order valence-corrected chi connectivity index (χ4v) is 1.61. The molecule has 1 aromatic heterocycles. The van der Waals surface area contributed by atoms with E-state index in [1.54, 1.807) is 24.3 Å². The molecule has 0 aliphatic carbocycles. The van der Waals surface area contributed by atoms with Crippen LogP contribution in [-0.2, 0) is 6.61 Å². The number of hydrogen-bond donors (Lipinski definition) is 2. The Balaban J connectivity index is 2.08. The number of hydrogen-bond acceptors (Lipinski definition) is 4. The number of benzene rings is 1. The molecule has 0 radical (unpaired) electrons. The maximum absolute atomic E-state index is 11.1. The van der Waals surface area contributed by atoms with Gasteiger partial charge in [0.15, 0.2) is 0 Å². The van der Waals surface area contributed by atoms with Gasteiger partial charge in [-0.1, -0.05) is 12.1 Å². The Morgan fingerprint density at radius 3 is 2.50 bits per heavy atom. The summed E-state index contributed by atoms with van der Waals surface area (Å²) in [6.45, 7) is 0.227. The van der Waals surface area contributed by atoms with Gasteiger partial charge < -0.3 is 16.2 Å². The third-order valence-electron chi connectivity index (χ3n) is 2.61. The zero-order valence-corrected chi connectivity index (χ0v) is 10.6. The lowest BCUT2D eigenvalue weighted by Gasteiger charge is -2.07. The van der Waals surface area contributed by atoms with Gasteiger partial charge in [-0.15, -0.1) is 0 Å². The van der Waals surface area contributed by atoms with E-state index in [0.717, 1.165) is 5.56 Å². The van der Waals surface area contributed by atoms with Crippen LogP contribution in [0.15, 0.2) is 42.7 Å². The van der Waals surface area contributed by atoms with Crippen LogP contribution in [0.4, 0.5) is 0 Å². The zero-order valence-electron chi connectivity index (χ0n) is 10.6. The van der Waals surface area contributed by atoms with E-state index >= 15 is 0 Å². The summed E-state index contributed by atoms with van der Waals surface area (Å²) in [7, 11) is 0. The van der Waals surface area contributed by atoms with Gasteiger partial charge in [-0.3, -0.25) is 14.6 Å². The Bertz CT molecular complexity index is 598. The highest BCUT2D eigenvalue weighted by atomic mass is 16.5. The van der Waals surface area contributed by atoms with E-state index < -0.39 is 11.8 Å². The van der Waals surface area contributed by atoms with Crippen LogP contribution in [0.25, 0.3) is 0 Å². The highest BCUT2D eigenvalue weighted by molar-refractivity contribution is 5.93. The molecule has 6 nitrogen and oxygen atoms in total. The quantitative estimate of drug-likeness (QED) is 0.840. The Morgan fingerprint density at radius 2 is 1.80 bits per heavy atom. The van der Waals surface area contributed by atoms with Gasteiger partial charge in [0.25, 0.3) is 0 Å². The lowest BCUT2D eigenvalue weighted by Crippen LogP contribution is -2.12. The maximum Gasteiger partial charge on any atom is 0.250 e. The summed E-state index contributed by atoms with van der Waals surface area (Å²) in [5.41, 5.74) is 11.8. The molecule has 1 aromatic carbocycles. The maximum atomic E-state index is 11.1. The Morgan fingerprint density at radius 1 is 1.05 bits per heavy atom. The highest BCUT2D eigenvalue weighted by Crippen LogP contribution is 2.14. The normalized spacial score (nSPS) is 10.0. The summed E-state index contributed by atoms with van der Waals surface area (Å²) in [6.07, 6.45) is 2.84. The molecular weight excluding hydrogens is 258 g/mol. The number of pyridine rings is 1. The third kappa shape index (κ3) is 3.32. The summed E-state index contributed by atoms with van der Waals surface area (Å²) in [6, 6.07) is 8.30. The van der Waals surface area contributed by atoms with Gasteiger partial charge in [0.1, 0.15) is 12.4 Å². The molecule has 0 aliphatic heterocycles. The first-order valence-corrected chi connectivity index (χ1v) is 5.82. The van der Waals surface area contributed by atoms with Crippen LogP contribution in [0.1, 0.15) is 26.3 Å². The number of ether oxygens (including phenoxy) is 1. The third-order valence-corrected chi connectivity index (χ3v) is 2.61. The van der Waals surface area contributed by atoms with Gasteiger partial charge in [0, 0.05) is 11.8 Å². The van der Waals surface area contributed by atoms with Gasteiger partial charge in [-0.05, 0) is 23.8 Å². The molecule has 2 rings (SSSR count). The second kappa shape index (κ2) is 5.83. The van der Waals surface area contributed by atoms with E-state index in [4.69, 9.17) is 16.2 Å². The van der Waals surface area contributed by atoms with Crippen molar-refractivity contribution in [2.45, 2.75) is 6.61 Å². The molecule has 2 amide bonds. The minimum absolute atomic E-state index is 0.227. The van der Waals surface area contributed by atoms with Gasteiger partial charge in [0.2, 0.25) is 11.8 Å². The molecule has 0 saturated carbocycles. The van der Waals surface area contributed by atoms with Crippen LogP contribution in [0.3, 0.4) is 0 Å². The number of carbonyl (C=O) groups excluding carboxylic acids is 2. The van der Waals surface area contributed by atoms with E-state index in [1.165, 1.54) is 18.5 Å². The van der Waals surface area contributed by atoms with Crippen molar-refractivity contribution in [1.82, 2.24) is 4.98 Å². The van der Waals surface area contributed by atoms with Crippen LogP contribution in [0.5, 0.6) is 5.75 Å². The second-order valence-electron chi connectivity index (χ2n) is 4.13.